The molecule has 0 radical (unpaired) electrons. The molecule has 0 unspecified atom stereocenters. The van der Waals surface area contributed by atoms with E-state index in [0.29, 0.717) is 32.1 Å². The summed E-state index contributed by atoms with van der Waals surface area (Å²) in [4.78, 5) is 25.8. The highest BCUT2D eigenvalue weighted by molar-refractivity contribution is 5.83. The summed E-state index contributed by atoms with van der Waals surface area (Å²) in [7, 11) is 0. The monoisotopic (exact) mass is 474 g/mol. The predicted octanol–water partition coefficient (Wildman–Crippen LogP) is 3.87. The molecule has 0 aromatic rings. The van der Waals surface area contributed by atoms with Gasteiger partial charge in [-0.05, 0) is 70.1 Å². The lowest BCUT2D eigenvalue weighted by molar-refractivity contribution is -0.299. The van der Waals surface area contributed by atoms with E-state index in [1.165, 1.54) is 13.0 Å². The highest BCUT2D eigenvalue weighted by Crippen LogP contribution is 2.70. The second kappa shape index (κ2) is 8.28. The Morgan fingerprint density at radius 3 is 2.44 bits per heavy atom. The molecule has 0 saturated heterocycles. The lowest BCUT2D eigenvalue weighted by atomic mass is 9.43. The van der Waals surface area contributed by atoms with Crippen LogP contribution in [0.4, 0.5) is 0 Å². The van der Waals surface area contributed by atoms with Crippen LogP contribution in [0.5, 0.6) is 0 Å². The fourth-order valence-corrected chi connectivity index (χ4v) is 7.96. The summed E-state index contributed by atoms with van der Waals surface area (Å²) in [5.41, 5.74) is -2.47. The molecule has 0 bridgehead atoms. The summed E-state index contributed by atoms with van der Waals surface area (Å²) in [5.74, 6) is -1.15. The Balaban J connectivity index is 1.81. The van der Waals surface area contributed by atoms with Gasteiger partial charge in [-0.3, -0.25) is 4.79 Å². The molecule has 0 aliphatic heterocycles. The average Bonchev–Trinajstić information content (AvgIpc) is 3.04. The summed E-state index contributed by atoms with van der Waals surface area (Å²) in [5, 5.41) is 35.0. The predicted molar refractivity (Wildman–Crippen MR) is 129 cm³/mol. The summed E-state index contributed by atoms with van der Waals surface area (Å²) in [6.45, 7) is 11.4. The molecule has 8 atom stereocenters. The number of ether oxygens (including phenoxy) is 1. The molecule has 0 amide bonds. The van der Waals surface area contributed by atoms with Crippen molar-refractivity contribution in [2.75, 3.05) is 0 Å². The van der Waals surface area contributed by atoms with Gasteiger partial charge in [0, 0.05) is 23.3 Å². The minimum Gasteiger partial charge on any atom is -0.458 e. The van der Waals surface area contributed by atoms with Gasteiger partial charge in [0.25, 0.3) is 0 Å². The molecular weight excluding hydrogens is 432 g/mol. The Morgan fingerprint density at radius 2 is 1.82 bits per heavy atom. The number of esters is 1. The third-order valence-corrected chi connectivity index (χ3v) is 10.4. The number of ketones is 1. The normalized spacial score (nSPS) is 46.3. The second-order valence-corrected chi connectivity index (χ2v) is 12.3. The van der Waals surface area contributed by atoms with Crippen LogP contribution in [0.15, 0.2) is 23.3 Å². The van der Waals surface area contributed by atoms with Crippen molar-refractivity contribution < 1.29 is 29.6 Å². The Hall–Kier alpha value is -1.50. The van der Waals surface area contributed by atoms with Crippen LogP contribution in [0.2, 0.25) is 0 Å². The summed E-state index contributed by atoms with van der Waals surface area (Å²) >= 11 is 0. The topological polar surface area (TPSA) is 104 Å². The molecule has 3 N–H and O–H groups in total. The van der Waals surface area contributed by atoms with E-state index in [1.54, 1.807) is 0 Å². The van der Waals surface area contributed by atoms with E-state index in [1.807, 2.05) is 33.8 Å². The number of allylic oxidation sites excluding steroid dienone is 1. The Morgan fingerprint density at radius 1 is 1.15 bits per heavy atom. The highest BCUT2D eigenvalue weighted by Gasteiger charge is 2.77. The lowest BCUT2D eigenvalue weighted by Crippen LogP contribution is -2.75. The van der Waals surface area contributed by atoms with Crippen molar-refractivity contribution in [3.8, 4) is 0 Å². The zero-order chi connectivity index (χ0) is 25.3. The summed E-state index contributed by atoms with van der Waals surface area (Å²) in [6.07, 6.45) is 5.72. The standard InChI is InChI=1S/C28H42O6/c1-16(2)17(3)13-24(31)34-23-15-22-25(5)10-8-20(30)14-19(25)7-11-27(22,32)28(33)12-9-21(18(4)29)26(23,28)6/h7,13,16,20-23,30,32-33H,8-12,14-15H2,1-6H3/b17-13+/t20-,21+,22-,23-,25+,26+,27-,28+/m1/s1. The molecule has 3 saturated carbocycles. The van der Waals surface area contributed by atoms with Crippen LogP contribution in [0.1, 0.15) is 86.5 Å². The molecule has 4 rings (SSSR count). The number of Topliss-reactive ketones (excluding diaryl/α,β-unsaturated/α-hetero) is 1. The van der Waals surface area contributed by atoms with Crippen molar-refractivity contribution in [1.29, 1.82) is 0 Å². The molecule has 6 nitrogen and oxygen atoms in total. The molecule has 0 aromatic heterocycles. The van der Waals surface area contributed by atoms with Gasteiger partial charge in [-0.1, -0.05) is 44.9 Å². The molecule has 34 heavy (non-hydrogen) atoms. The number of aliphatic hydroxyl groups excluding tert-OH is 1. The van der Waals surface area contributed by atoms with Crippen LogP contribution in [0.25, 0.3) is 0 Å². The number of carbonyl (C=O) groups excluding carboxylic acids is 2. The van der Waals surface area contributed by atoms with Gasteiger partial charge in [-0.15, -0.1) is 0 Å². The SMILES string of the molecule is CC(=O)[C@@H]1CC[C@]2(O)[C@]1(C)[C@H](OC(=O)/C=C(\C)C(C)C)C[C@@H]1[C@@]3(C)CC[C@@H](O)CC3=CC[C@@]12O. The largest absolute Gasteiger partial charge is 0.458 e. The number of fused-ring (bicyclic) bond motifs is 5. The Bertz CT molecular complexity index is 935. The van der Waals surface area contributed by atoms with E-state index in [4.69, 9.17) is 4.74 Å². The first kappa shape index (κ1) is 25.6. The minimum atomic E-state index is -1.57. The van der Waals surface area contributed by atoms with Gasteiger partial charge in [-0.2, -0.15) is 0 Å². The number of hydrogen-bond acceptors (Lipinski definition) is 6. The second-order valence-electron chi connectivity index (χ2n) is 12.3. The first-order valence-electron chi connectivity index (χ1n) is 12.9. The van der Waals surface area contributed by atoms with Crippen molar-refractivity contribution in [2.45, 2.75) is 110 Å². The van der Waals surface area contributed by atoms with Crippen molar-refractivity contribution in [1.82, 2.24) is 0 Å². The number of rotatable bonds is 4. The van der Waals surface area contributed by atoms with Crippen LogP contribution in [-0.2, 0) is 14.3 Å². The van der Waals surface area contributed by atoms with Crippen molar-refractivity contribution >= 4 is 11.8 Å². The maximum absolute atomic E-state index is 13.0. The van der Waals surface area contributed by atoms with E-state index in [2.05, 4.69) is 6.92 Å². The van der Waals surface area contributed by atoms with E-state index in [-0.39, 0.29) is 30.5 Å². The van der Waals surface area contributed by atoms with Gasteiger partial charge in [-0.25, -0.2) is 4.79 Å². The molecular formula is C28H42O6. The molecule has 0 aromatic carbocycles. The van der Waals surface area contributed by atoms with Crippen LogP contribution in [0.3, 0.4) is 0 Å². The van der Waals surface area contributed by atoms with Gasteiger partial charge in [0.2, 0.25) is 0 Å². The highest BCUT2D eigenvalue weighted by atomic mass is 16.5. The van der Waals surface area contributed by atoms with Crippen LogP contribution >= 0.6 is 0 Å². The van der Waals surface area contributed by atoms with Gasteiger partial charge in [0.1, 0.15) is 23.1 Å². The van der Waals surface area contributed by atoms with Gasteiger partial charge >= 0.3 is 5.97 Å². The molecule has 0 heterocycles. The minimum absolute atomic E-state index is 0.0468. The van der Waals surface area contributed by atoms with Crippen LogP contribution in [0, 0.1) is 28.6 Å². The molecule has 0 spiro atoms. The van der Waals surface area contributed by atoms with E-state index >= 15 is 0 Å². The van der Waals surface area contributed by atoms with Crippen molar-refractivity contribution in [2.24, 2.45) is 28.6 Å². The zero-order valence-electron chi connectivity index (χ0n) is 21.6. The molecule has 190 valence electrons. The van der Waals surface area contributed by atoms with Gasteiger partial charge in [0.05, 0.1) is 6.10 Å². The Kier molecular flexibility index (Phi) is 6.23. The molecule has 3 fully saturated rings. The smallest absolute Gasteiger partial charge is 0.330 e. The molecule has 4 aliphatic carbocycles. The quantitative estimate of drug-likeness (QED) is 0.325. The maximum atomic E-state index is 13.0. The van der Waals surface area contributed by atoms with E-state index in [9.17, 15) is 24.9 Å². The van der Waals surface area contributed by atoms with Crippen LogP contribution < -0.4 is 0 Å². The third-order valence-electron chi connectivity index (χ3n) is 10.4. The third kappa shape index (κ3) is 3.39. The van der Waals surface area contributed by atoms with Crippen LogP contribution in [-0.4, -0.2) is 50.5 Å². The first-order chi connectivity index (χ1) is 15.7. The summed E-state index contributed by atoms with van der Waals surface area (Å²) < 4.78 is 6.11. The molecule has 6 heteroatoms. The fourth-order valence-electron chi connectivity index (χ4n) is 7.96. The Labute approximate surface area is 203 Å². The van der Waals surface area contributed by atoms with Crippen molar-refractivity contribution in [3.05, 3.63) is 23.3 Å². The first-order valence-corrected chi connectivity index (χ1v) is 12.9. The van der Waals surface area contributed by atoms with Gasteiger partial charge in [0.15, 0.2) is 0 Å². The molecule has 4 aliphatic rings. The fraction of sp³-hybridized carbons (Fsp3) is 0.786. The number of hydrogen-bond donors (Lipinski definition) is 3. The zero-order valence-corrected chi connectivity index (χ0v) is 21.6. The van der Waals surface area contributed by atoms with Gasteiger partial charge < -0.3 is 20.1 Å². The lowest BCUT2D eigenvalue weighted by Gasteiger charge is -2.66. The number of carbonyl (C=O) groups is 2. The van der Waals surface area contributed by atoms with E-state index < -0.39 is 46.1 Å². The van der Waals surface area contributed by atoms with Crippen molar-refractivity contribution in [3.63, 3.8) is 0 Å². The summed E-state index contributed by atoms with van der Waals surface area (Å²) in [6, 6.07) is 0. The number of aliphatic hydroxyl groups is 3. The average molecular weight is 475 g/mol. The maximum Gasteiger partial charge on any atom is 0.330 e. The van der Waals surface area contributed by atoms with E-state index in [0.717, 1.165) is 11.1 Å².